The van der Waals surface area contributed by atoms with Crippen LogP contribution in [0.15, 0.2) is 29.7 Å². The van der Waals surface area contributed by atoms with Crippen LogP contribution in [0.25, 0.3) is 6.08 Å². The molecule has 0 atom stereocenters. The van der Waals surface area contributed by atoms with Crippen molar-refractivity contribution in [1.82, 2.24) is 0 Å². The lowest BCUT2D eigenvalue weighted by Gasteiger charge is -1.92. The van der Waals surface area contributed by atoms with E-state index in [4.69, 9.17) is 11.6 Å². The third kappa shape index (κ3) is 3.00. The largest absolute Gasteiger partial charge is 0.138 e. The van der Waals surface area contributed by atoms with Gasteiger partial charge in [0.15, 0.2) is 0 Å². The fourth-order valence-electron chi connectivity index (χ4n) is 0.757. The molecule has 0 saturated heterocycles. The summed E-state index contributed by atoms with van der Waals surface area (Å²) in [5.74, 6) is 0. The van der Waals surface area contributed by atoms with Gasteiger partial charge in [0.05, 0.1) is 0 Å². The zero-order valence-corrected chi connectivity index (χ0v) is 7.82. The summed E-state index contributed by atoms with van der Waals surface area (Å²) in [5, 5.41) is 2.82. The van der Waals surface area contributed by atoms with Crippen LogP contribution < -0.4 is 0 Å². The topological polar surface area (TPSA) is 0 Å². The molecule has 0 N–H and O–H groups in total. The van der Waals surface area contributed by atoms with Crippen molar-refractivity contribution >= 4 is 29.4 Å². The summed E-state index contributed by atoms with van der Waals surface area (Å²) in [6, 6.07) is 7.78. The molecular weight excluding hydrogens is 176 g/mol. The highest BCUT2D eigenvalue weighted by Crippen LogP contribution is 2.12. The first kappa shape index (κ1) is 8.69. The molecule has 0 fully saturated rings. The molecule has 0 aliphatic rings. The maximum atomic E-state index is 5.78. The molecule has 0 amide bonds. The zero-order chi connectivity index (χ0) is 8.10. The fourth-order valence-corrected chi connectivity index (χ4v) is 1.25. The van der Waals surface area contributed by atoms with Crippen LogP contribution in [0.1, 0.15) is 5.56 Å². The summed E-state index contributed by atoms with van der Waals surface area (Å²) >= 11 is 7.46. The van der Waals surface area contributed by atoms with Crippen molar-refractivity contribution in [2.24, 2.45) is 0 Å². The summed E-state index contributed by atoms with van der Waals surface area (Å²) < 4.78 is 0. The average molecular weight is 185 g/mol. The van der Waals surface area contributed by atoms with Crippen LogP contribution in [0.5, 0.6) is 0 Å². The second-order valence-corrected chi connectivity index (χ2v) is 3.27. The second-order valence-electron chi connectivity index (χ2n) is 2.09. The Morgan fingerprint density at radius 3 is 2.91 bits per heavy atom. The molecule has 0 saturated carbocycles. The summed E-state index contributed by atoms with van der Waals surface area (Å²) in [4.78, 5) is 0. The number of thioether (sulfide) groups is 1. The monoisotopic (exact) mass is 184 g/mol. The summed E-state index contributed by atoms with van der Waals surface area (Å²) in [7, 11) is 0. The maximum absolute atomic E-state index is 5.78. The van der Waals surface area contributed by atoms with Crippen molar-refractivity contribution in [2.45, 2.75) is 0 Å². The van der Waals surface area contributed by atoms with Gasteiger partial charge < -0.3 is 0 Å². The van der Waals surface area contributed by atoms with Crippen molar-refractivity contribution in [1.29, 1.82) is 0 Å². The van der Waals surface area contributed by atoms with Gasteiger partial charge in [-0.1, -0.05) is 23.7 Å². The van der Waals surface area contributed by atoms with Crippen molar-refractivity contribution < 1.29 is 0 Å². The van der Waals surface area contributed by atoms with E-state index in [1.54, 1.807) is 11.8 Å². The second kappa shape index (κ2) is 4.47. The highest BCUT2D eigenvalue weighted by molar-refractivity contribution is 8.01. The van der Waals surface area contributed by atoms with E-state index in [9.17, 15) is 0 Å². The Hall–Kier alpha value is -0.400. The Morgan fingerprint density at radius 1 is 1.45 bits per heavy atom. The first-order valence-corrected chi connectivity index (χ1v) is 4.94. The normalized spacial score (nSPS) is 10.7. The minimum atomic E-state index is 0.785. The molecular formula is C9H9ClS. The standard InChI is InChI=1S/C9H9ClS/c1-11-6-5-8-3-2-4-9(10)7-8/h2-7H,1H3. The summed E-state index contributed by atoms with van der Waals surface area (Å²) in [6.07, 6.45) is 4.07. The van der Waals surface area contributed by atoms with E-state index >= 15 is 0 Å². The Kier molecular flexibility index (Phi) is 3.53. The third-order valence-corrected chi connectivity index (χ3v) is 1.89. The molecule has 1 aromatic rings. The molecule has 2 heteroatoms. The van der Waals surface area contributed by atoms with Gasteiger partial charge in [0, 0.05) is 5.02 Å². The van der Waals surface area contributed by atoms with Crippen LogP contribution in [0.4, 0.5) is 0 Å². The van der Waals surface area contributed by atoms with Crippen molar-refractivity contribution in [2.75, 3.05) is 6.26 Å². The molecule has 1 aromatic carbocycles. The van der Waals surface area contributed by atoms with Gasteiger partial charge in [-0.15, -0.1) is 11.8 Å². The number of benzene rings is 1. The lowest BCUT2D eigenvalue weighted by atomic mass is 10.2. The van der Waals surface area contributed by atoms with E-state index in [2.05, 4.69) is 0 Å². The first-order valence-electron chi connectivity index (χ1n) is 3.28. The first-order chi connectivity index (χ1) is 5.33. The molecule has 0 spiro atoms. The third-order valence-electron chi connectivity index (χ3n) is 1.25. The van der Waals surface area contributed by atoms with Crippen LogP contribution in [0.2, 0.25) is 5.02 Å². The fraction of sp³-hybridized carbons (Fsp3) is 0.111. The van der Waals surface area contributed by atoms with Gasteiger partial charge in [-0.3, -0.25) is 0 Å². The predicted octanol–water partition coefficient (Wildman–Crippen LogP) is 3.67. The lowest BCUT2D eigenvalue weighted by Crippen LogP contribution is -1.69. The van der Waals surface area contributed by atoms with Crippen molar-refractivity contribution in [3.63, 3.8) is 0 Å². The molecule has 58 valence electrons. The van der Waals surface area contributed by atoms with Gasteiger partial charge in [0.25, 0.3) is 0 Å². The van der Waals surface area contributed by atoms with Crippen LogP contribution in [-0.4, -0.2) is 6.26 Å². The maximum Gasteiger partial charge on any atom is 0.0411 e. The SMILES string of the molecule is CSC=Cc1cccc(Cl)c1. The molecule has 0 radical (unpaired) electrons. The molecule has 0 aromatic heterocycles. The van der Waals surface area contributed by atoms with Gasteiger partial charge in [-0.2, -0.15) is 0 Å². The minimum Gasteiger partial charge on any atom is -0.138 e. The molecule has 0 heterocycles. The van der Waals surface area contributed by atoms with Crippen LogP contribution in [-0.2, 0) is 0 Å². The molecule has 0 aliphatic carbocycles. The van der Waals surface area contributed by atoms with E-state index in [-0.39, 0.29) is 0 Å². The average Bonchev–Trinajstić information content (AvgIpc) is 2.01. The Labute approximate surface area is 76.3 Å². The van der Waals surface area contributed by atoms with Gasteiger partial charge in [0.1, 0.15) is 0 Å². The summed E-state index contributed by atoms with van der Waals surface area (Å²) in [5.41, 5.74) is 1.15. The highest BCUT2D eigenvalue weighted by Gasteiger charge is 1.86. The number of halogens is 1. The molecule has 0 unspecified atom stereocenters. The van der Waals surface area contributed by atoms with E-state index in [1.807, 2.05) is 42.0 Å². The molecule has 0 aliphatic heterocycles. The van der Waals surface area contributed by atoms with Crippen LogP contribution in [0, 0.1) is 0 Å². The molecule has 1 rings (SSSR count). The quantitative estimate of drug-likeness (QED) is 0.676. The van der Waals surface area contributed by atoms with Gasteiger partial charge >= 0.3 is 0 Å². The van der Waals surface area contributed by atoms with E-state index < -0.39 is 0 Å². The molecule has 0 bridgehead atoms. The Bertz CT molecular complexity index is 255. The van der Waals surface area contributed by atoms with Gasteiger partial charge in [-0.05, 0) is 35.4 Å². The Morgan fingerprint density at radius 2 is 2.27 bits per heavy atom. The van der Waals surface area contributed by atoms with E-state index in [0.717, 1.165) is 10.6 Å². The van der Waals surface area contributed by atoms with Crippen LogP contribution >= 0.6 is 23.4 Å². The predicted molar refractivity (Wildman–Crippen MR) is 54.0 cm³/mol. The number of rotatable bonds is 2. The highest BCUT2D eigenvalue weighted by atomic mass is 35.5. The molecule has 11 heavy (non-hydrogen) atoms. The summed E-state index contributed by atoms with van der Waals surface area (Å²) in [6.45, 7) is 0. The lowest BCUT2D eigenvalue weighted by molar-refractivity contribution is 1.66. The molecule has 0 nitrogen and oxygen atoms in total. The van der Waals surface area contributed by atoms with E-state index in [0.29, 0.717) is 0 Å². The van der Waals surface area contributed by atoms with Crippen molar-refractivity contribution in [3.8, 4) is 0 Å². The number of hydrogen-bond acceptors (Lipinski definition) is 1. The van der Waals surface area contributed by atoms with Gasteiger partial charge in [0.2, 0.25) is 0 Å². The minimum absolute atomic E-state index is 0.785. The van der Waals surface area contributed by atoms with Crippen LogP contribution in [0.3, 0.4) is 0 Å². The number of hydrogen-bond donors (Lipinski definition) is 0. The van der Waals surface area contributed by atoms with Gasteiger partial charge in [-0.25, -0.2) is 0 Å². The van der Waals surface area contributed by atoms with Crippen molar-refractivity contribution in [3.05, 3.63) is 40.3 Å². The smallest absolute Gasteiger partial charge is 0.0411 e. The Balaban J connectivity index is 2.79. The van der Waals surface area contributed by atoms with E-state index in [1.165, 1.54) is 0 Å². The zero-order valence-electron chi connectivity index (χ0n) is 6.25.